The molecule has 1 N–H and O–H groups in total. The number of aromatic amines is 1. The van der Waals surface area contributed by atoms with Gasteiger partial charge in [0.1, 0.15) is 23.6 Å². The fourth-order valence-electron chi connectivity index (χ4n) is 3.48. The van der Waals surface area contributed by atoms with Crippen LogP contribution in [0.4, 0.5) is 23.5 Å². The summed E-state index contributed by atoms with van der Waals surface area (Å²) in [5.74, 6) is -4.33. The van der Waals surface area contributed by atoms with Crippen LogP contribution in [0.15, 0.2) is 23.0 Å². The van der Waals surface area contributed by atoms with Gasteiger partial charge in [0.05, 0.1) is 11.6 Å². The molecular weight excluding hydrogens is 402 g/mol. The predicted octanol–water partition coefficient (Wildman–Crippen LogP) is 4.15. The molecule has 0 saturated carbocycles. The minimum Gasteiger partial charge on any atom is -0.348 e. The maximum absolute atomic E-state index is 14.5. The number of hydrogen-bond donors (Lipinski definition) is 1. The number of alkyl halides is 3. The van der Waals surface area contributed by atoms with Crippen LogP contribution < -0.4 is 10.5 Å². The van der Waals surface area contributed by atoms with Gasteiger partial charge >= 0.3 is 0 Å². The van der Waals surface area contributed by atoms with E-state index in [9.17, 15) is 22.4 Å². The zero-order chi connectivity index (χ0) is 22.4. The monoisotopic (exact) mass is 425 g/mol. The molecule has 2 heterocycles. The van der Waals surface area contributed by atoms with Crippen molar-refractivity contribution in [1.29, 1.82) is 0 Å². The van der Waals surface area contributed by atoms with Crippen LogP contribution >= 0.6 is 0 Å². The van der Waals surface area contributed by atoms with E-state index in [0.29, 0.717) is 12.5 Å². The normalized spacial score (nSPS) is 13.3. The minimum atomic E-state index is -3.33. The molecule has 0 aliphatic rings. The molecule has 0 saturated heterocycles. The van der Waals surface area contributed by atoms with Crippen LogP contribution in [0.2, 0.25) is 0 Å². The number of H-pyrrole nitrogens is 1. The SMILES string of the molecule is CC(C)C(c1ccc(C(C)(F)F)c(F)c1)n1nc(CF)c2c(=O)[nH]c(N(C)C)nc21. The van der Waals surface area contributed by atoms with Crippen molar-refractivity contribution in [2.24, 2.45) is 5.92 Å². The molecule has 30 heavy (non-hydrogen) atoms. The number of anilines is 1. The van der Waals surface area contributed by atoms with Crippen LogP contribution in [0.5, 0.6) is 0 Å². The molecule has 0 bridgehead atoms. The Labute approximate surface area is 170 Å². The lowest BCUT2D eigenvalue weighted by Crippen LogP contribution is -2.22. The van der Waals surface area contributed by atoms with E-state index < -0.39 is 35.6 Å². The molecule has 0 spiro atoms. The molecule has 0 radical (unpaired) electrons. The number of rotatable bonds is 6. The summed E-state index contributed by atoms with van der Waals surface area (Å²) in [7, 11) is 3.36. The molecule has 6 nitrogen and oxygen atoms in total. The third-order valence-electron chi connectivity index (χ3n) is 4.87. The highest BCUT2D eigenvalue weighted by Crippen LogP contribution is 2.34. The van der Waals surface area contributed by atoms with Crippen molar-refractivity contribution in [3.05, 3.63) is 51.2 Å². The maximum Gasteiger partial charge on any atom is 0.273 e. The van der Waals surface area contributed by atoms with Crippen LogP contribution in [0.3, 0.4) is 0 Å². The van der Waals surface area contributed by atoms with E-state index in [1.807, 2.05) is 13.8 Å². The van der Waals surface area contributed by atoms with Crippen molar-refractivity contribution >= 4 is 17.0 Å². The number of fused-ring (bicyclic) bond motifs is 1. The van der Waals surface area contributed by atoms with Gasteiger partial charge in [-0.2, -0.15) is 10.1 Å². The van der Waals surface area contributed by atoms with Crippen LogP contribution in [-0.4, -0.2) is 33.8 Å². The highest BCUT2D eigenvalue weighted by atomic mass is 19.3. The summed E-state index contributed by atoms with van der Waals surface area (Å²) in [5.41, 5.74) is -0.852. The third-order valence-corrected chi connectivity index (χ3v) is 4.87. The average Bonchev–Trinajstić information content (AvgIpc) is 2.99. The quantitative estimate of drug-likeness (QED) is 0.603. The number of hydrogen-bond acceptors (Lipinski definition) is 4. The van der Waals surface area contributed by atoms with Gasteiger partial charge in [0, 0.05) is 21.0 Å². The Morgan fingerprint density at radius 2 is 1.93 bits per heavy atom. The largest absolute Gasteiger partial charge is 0.348 e. The van der Waals surface area contributed by atoms with Crippen molar-refractivity contribution in [3.63, 3.8) is 0 Å². The van der Waals surface area contributed by atoms with E-state index in [4.69, 9.17) is 0 Å². The van der Waals surface area contributed by atoms with Crippen molar-refractivity contribution in [3.8, 4) is 0 Å². The number of benzene rings is 1. The van der Waals surface area contributed by atoms with E-state index in [2.05, 4.69) is 15.1 Å². The second-order valence-corrected chi connectivity index (χ2v) is 7.82. The zero-order valence-corrected chi connectivity index (χ0v) is 17.3. The van der Waals surface area contributed by atoms with Crippen LogP contribution in [0.1, 0.15) is 43.6 Å². The summed E-state index contributed by atoms with van der Waals surface area (Å²) in [6, 6.07) is 2.79. The zero-order valence-electron chi connectivity index (χ0n) is 17.3. The lowest BCUT2D eigenvalue weighted by atomic mass is 9.94. The van der Waals surface area contributed by atoms with E-state index in [0.717, 1.165) is 12.1 Å². The van der Waals surface area contributed by atoms with E-state index in [-0.39, 0.29) is 28.6 Å². The first kappa shape index (κ1) is 21.8. The molecule has 2 aromatic heterocycles. The van der Waals surface area contributed by atoms with Crippen LogP contribution in [0.25, 0.3) is 11.0 Å². The van der Waals surface area contributed by atoms with Gasteiger partial charge in [-0.15, -0.1) is 0 Å². The van der Waals surface area contributed by atoms with Gasteiger partial charge in [-0.3, -0.25) is 9.78 Å². The first-order valence-corrected chi connectivity index (χ1v) is 9.38. The fraction of sp³-hybridized carbons (Fsp3) is 0.450. The Bertz CT molecular complexity index is 1130. The number of nitrogens with zero attached hydrogens (tertiary/aromatic N) is 4. The molecule has 0 amide bonds. The second kappa shape index (κ2) is 7.73. The first-order chi connectivity index (χ1) is 14.0. The third kappa shape index (κ3) is 3.78. The van der Waals surface area contributed by atoms with Gasteiger partial charge in [-0.1, -0.05) is 19.9 Å². The Hall–Kier alpha value is -2.91. The van der Waals surface area contributed by atoms with Gasteiger partial charge in [-0.05, 0) is 23.6 Å². The summed E-state index contributed by atoms with van der Waals surface area (Å²) in [5, 5.41) is 4.24. The van der Waals surface area contributed by atoms with Crippen LogP contribution in [0, 0.1) is 11.7 Å². The summed E-state index contributed by atoms with van der Waals surface area (Å²) in [6.07, 6.45) is 0. The van der Waals surface area contributed by atoms with Crippen molar-refractivity contribution < 1.29 is 17.6 Å². The number of nitrogens with one attached hydrogen (secondary N) is 1. The van der Waals surface area contributed by atoms with Crippen LogP contribution in [-0.2, 0) is 12.6 Å². The summed E-state index contributed by atoms with van der Waals surface area (Å²) in [6.45, 7) is 3.29. The number of aromatic nitrogens is 4. The topological polar surface area (TPSA) is 66.8 Å². The number of halogens is 4. The Kier molecular flexibility index (Phi) is 5.62. The van der Waals surface area contributed by atoms with Crippen molar-refractivity contribution in [2.75, 3.05) is 19.0 Å². The molecule has 162 valence electrons. The van der Waals surface area contributed by atoms with Gasteiger partial charge < -0.3 is 4.90 Å². The molecular formula is C20H23F4N5O. The van der Waals surface area contributed by atoms with Gasteiger partial charge in [0.15, 0.2) is 5.65 Å². The molecule has 3 aromatic rings. The van der Waals surface area contributed by atoms with Gasteiger partial charge in [0.2, 0.25) is 5.95 Å². The summed E-state index contributed by atoms with van der Waals surface area (Å²) < 4.78 is 56.6. The smallest absolute Gasteiger partial charge is 0.273 e. The molecule has 10 heteroatoms. The summed E-state index contributed by atoms with van der Waals surface area (Å²) >= 11 is 0. The van der Waals surface area contributed by atoms with Crippen molar-refractivity contribution in [1.82, 2.24) is 19.7 Å². The fourth-order valence-corrected chi connectivity index (χ4v) is 3.48. The van der Waals surface area contributed by atoms with E-state index in [1.54, 1.807) is 19.0 Å². The van der Waals surface area contributed by atoms with E-state index >= 15 is 0 Å². The molecule has 3 rings (SSSR count). The molecule has 0 aliphatic carbocycles. The Morgan fingerprint density at radius 3 is 2.43 bits per heavy atom. The molecule has 1 aromatic carbocycles. The lowest BCUT2D eigenvalue weighted by Gasteiger charge is -2.24. The molecule has 0 fully saturated rings. The maximum atomic E-state index is 14.5. The van der Waals surface area contributed by atoms with Gasteiger partial charge in [-0.25, -0.2) is 22.2 Å². The van der Waals surface area contributed by atoms with Crippen molar-refractivity contribution in [2.45, 2.75) is 39.4 Å². The van der Waals surface area contributed by atoms with E-state index in [1.165, 1.54) is 10.7 Å². The summed E-state index contributed by atoms with van der Waals surface area (Å²) in [4.78, 5) is 21.1. The molecule has 0 aliphatic heterocycles. The average molecular weight is 425 g/mol. The lowest BCUT2D eigenvalue weighted by molar-refractivity contribution is 0.0137. The Morgan fingerprint density at radius 1 is 1.27 bits per heavy atom. The minimum absolute atomic E-state index is 0.00549. The molecule has 1 unspecified atom stereocenters. The second-order valence-electron chi connectivity index (χ2n) is 7.82. The Balaban J connectivity index is 2.27. The highest BCUT2D eigenvalue weighted by Gasteiger charge is 2.31. The molecule has 1 atom stereocenters. The first-order valence-electron chi connectivity index (χ1n) is 9.38. The predicted molar refractivity (Wildman–Crippen MR) is 106 cm³/mol. The standard InChI is InChI=1S/C20H23F4N5O/c1-10(2)16(11-6-7-12(13(22)8-11)20(3,23)24)29-17-15(14(9-21)27-29)18(30)26-19(25-17)28(4)5/h6-8,10,16H,9H2,1-5H3,(H,25,26,30). The highest BCUT2D eigenvalue weighted by molar-refractivity contribution is 5.78. The van der Waals surface area contributed by atoms with Gasteiger partial charge in [0.25, 0.3) is 11.5 Å².